The second kappa shape index (κ2) is 6.77. The number of aryl methyl sites for hydroxylation is 1. The zero-order valence-electron chi connectivity index (χ0n) is 13.4. The molecular weight excluding hydrogens is 356 g/mol. The molecule has 0 bridgehead atoms. The summed E-state index contributed by atoms with van der Waals surface area (Å²) < 4.78 is 3.32. The normalized spacial score (nSPS) is 11.2. The lowest BCUT2D eigenvalue weighted by Gasteiger charge is -2.05. The molecule has 0 aliphatic heterocycles. The van der Waals surface area contributed by atoms with E-state index in [-0.39, 0.29) is 5.56 Å². The van der Waals surface area contributed by atoms with Gasteiger partial charge in [0.2, 0.25) is 5.16 Å². The summed E-state index contributed by atoms with van der Waals surface area (Å²) in [5.74, 6) is 0.532. The number of tetrazole rings is 1. The highest BCUT2D eigenvalue weighted by Crippen LogP contribution is 2.20. The zero-order valence-corrected chi connectivity index (χ0v) is 15.0. The van der Waals surface area contributed by atoms with Crippen LogP contribution < -0.4 is 5.56 Å². The Morgan fingerprint density at radius 3 is 3.04 bits per heavy atom. The van der Waals surface area contributed by atoms with Gasteiger partial charge in [-0.15, -0.1) is 16.4 Å². The summed E-state index contributed by atoms with van der Waals surface area (Å²) >= 11 is 3.14. The average Bonchev–Trinajstić information content (AvgIpc) is 3.26. The minimum Gasteiger partial charge on any atom is -0.269 e. The molecule has 0 radical (unpaired) electrons. The van der Waals surface area contributed by atoms with Crippen LogP contribution in [0.5, 0.6) is 0 Å². The topological polar surface area (TPSA) is 78.0 Å². The largest absolute Gasteiger partial charge is 0.269 e. The van der Waals surface area contributed by atoms with Gasteiger partial charge in [0.15, 0.2) is 0 Å². The molecule has 0 amide bonds. The third kappa shape index (κ3) is 3.47. The molecule has 0 aliphatic carbocycles. The fraction of sp³-hybridized carbons (Fsp3) is 0.188. The standard InChI is InChI=1S/C16H14N6OS2/c1-11-4-5-14-17-12(7-15(23)21(14)8-11)10-25-16-18-19-20-22(16)9-13-3-2-6-24-13/h2-8H,9-10H2,1H3. The van der Waals surface area contributed by atoms with Gasteiger partial charge in [0, 0.05) is 22.9 Å². The molecule has 7 nitrogen and oxygen atoms in total. The number of thioether (sulfide) groups is 1. The Morgan fingerprint density at radius 1 is 1.28 bits per heavy atom. The number of aromatic nitrogens is 6. The van der Waals surface area contributed by atoms with Gasteiger partial charge in [-0.2, -0.15) is 0 Å². The Morgan fingerprint density at radius 2 is 2.20 bits per heavy atom. The van der Waals surface area contributed by atoms with Gasteiger partial charge in [-0.3, -0.25) is 9.20 Å². The number of thiophene rings is 1. The van der Waals surface area contributed by atoms with E-state index in [0.717, 1.165) is 5.56 Å². The predicted molar refractivity (Wildman–Crippen MR) is 97.0 cm³/mol. The SMILES string of the molecule is Cc1ccc2nc(CSc3nnnn3Cc3cccs3)cc(=O)n2c1. The molecule has 0 N–H and O–H groups in total. The van der Waals surface area contributed by atoms with Crippen LogP contribution in [0.1, 0.15) is 16.1 Å². The third-order valence-corrected chi connectivity index (χ3v) is 5.45. The average molecular weight is 370 g/mol. The van der Waals surface area contributed by atoms with Gasteiger partial charge in [0.05, 0.1) is 12.2 Å². The van der Waals surface area contributed by atoms with Gasteiger partial charge in [-0.25, -0.2) is 9.67 Å². The fourth-order valence-corrected chi connectivity index (χ4v) is 3.87. The van der Waals surface area contributed by atoms with Crippen LogP contribution in [-0.2, 0) is 12.3 Å². The van der Waals surface area contributed by atoms with Gasteiger partial charge in [0.1, 0.15) is 5.65 Å². The third-order valence-electron chi connectivity index (χ3n) is 3.59. The molecule has 0 fully saturated rings. The summed E-state index contributed by atoms with van der Waals surface area (Å²) in [4.78, 5) is 18.0. The second-order valence-electron chi connectivity index (χ2n) is 5.51. The molecular formula is C16H14N6OS2. The number of hydrogen-bond acceptors (Lipinski definition) is 7. The van der Waals surface area contributed by atoms with Crippen molar-refractivity contribution in [3.8, 4) is 0 Å². The predicted octanol–water partition coefficient (Wildman–Crippen LogP) is 2.39. The van der Waals surface area contributed by atoms with Crippen molar-refractivity contribution in [2.45, 2.75) is 24.4 Å². The van der Waals surface area contributed by atoms with Crippen molar-refractivity contribution < 1.29 is 0 Å². The summed E-state index contributed by atoms with van der Waals surface area (Å²) in [6, 6.07) is 9.42. The first kappa shape index (κ1) is 16.0. The van der Waals surface area contributed by atoms with Crippen LogP contribution in [0.15, 0.2) is 51.9 Å². The van der Waals surface area contributed by atoms with Crippen molar-refractivity contribution in [2.24, 2.45) is 0 Å². The summed E-state index contributed by atoms with van der Waals surface area (Å²) in [6.07, 6.45) is 1.79. The summed E-state index contributed by atoms with van der Waals surface area (Å²) in [5.41, 5.74) is 2.30. The lowest BCUT2D eigenvalue weighted by Crippen LogP contribution is -2.15. The van der Waals surface area contributed by atoms with Gasteiger partial charge < -0.3 is 0 Å². The van der Waals surface area contributed by atoms with Crippen LogP contribution in [0.25, 0.3) is 5.65 Å². The Labute approximate surface area is 151 Å². The number of hydrogen-bond donors (Lipinski definition) is 0. The van der Waals surface area contributed by atoms with E-state index in [1.807, 2.05) is 30.5 Å². The van der Waals surface area contributed by atoms with E-state index in [0.29, 0.717) is 28.8 Å². The van der Waals surface area contributed by atoms with Crippen LogP contribution in [0.3, 0.4) is 0 Å². The van der Waals surface area contributed by atoms with Crippen molar-refractivity contribution in [3.63, 3.8) is 0 Å². The van der Waals surface area contributed by atoms with Crippen molar-refractivity contribution in [1.82, 2.24) is 29.6 Å². The number of fused-ring (bicyclic) bond motifs is 1. The maximum atomic E-state index is 12.3. The van der Waals surface area contributed by atoms with E-state index in [1.54, 1.807) is 32.7 Å². The Kier molecular flexibility index (Phi) is 4.33. The first-order valence-electron chi connectivity index (χ1n) is 7.59. The molecule has 0 saturated carbocycles. The van der Waals surface area contributed by atoms with Crippen molar-refractivity contribution in [1.29, 1.82) is 0 Å². The lowest BCUT2D eigenvalue weighted by atomic mass is 10.3. The Bertz CT molecular complexity index is 1070. The van der Waals surface area contributed by atoms with E-state index in [9.17, 15) is 4.79 Å². The van der Waals surface area contributed by atoms with Crippen molar-refractivity contribution >= 4 is 28.7 Å². The molecule has 0 saturated heterocycles. The molecule has 0 aliphatic rings. The maximum absolute atomic E-state index is 12.3. The molecule has 9 heteroatoms. The van der Waals surface area contributed by atoms with Gasteiger partial charge in [0.25, 0.3) is 5.56 Å². The van der Waals surface area contributed by atoms with E-state index in [2.05, 4.69) is 26.6 Å². The first-order chi connectivity index (χ1) is 12.2. The molecule has 4 aromatic rings. The van der Waals surface area contributed by atoms with Crippen LogP contribution in [-0.4, -0.2) is 29.6 Å². The lowest BCUT2D eigenvalue weighted by molar-refractivity contribution is 0.608. The molecule has 126 valence electrons. The van der Waals surface area contributed by atoms with Crippen molar-refractivity contribution in [3.05, 3.63) is 68.4 Å². The summed E-state index contributed by atoms with van der Waals surface area (Å²) in [7, 11) is 0. The highest BCUT2D eigenvalue weighted by molar-refractivity contribution is 7.98. The fourth-order valence-electron chi connectivity index (χ4n) is 2.42. The molecule has 0 unspecified atom stereocenters. The molecule has 4 heterocycles. The summed E-state index contributed by atoms with van der Waals surface area (Å²) in [6.45, 7) is 2.59. The molecule has 0 atom stereocenters. The second-order valence-corrected chi connectivity index (χ2v) is 7.48. The molecule has 0 spiro atoms. The molecule has 25 heavy (non-hydrogen) atoms. The quantitative estimate of drug-likeness (QED) is 0.502. The van der Waals surface area contributed by atoms with E-state index >= 15 is 0 Å². The minimum atomic E-state index is -0.0810. The van der Waals surface area contributed by atoms with E-state index in [1.165, 1.54) is 16.6 Å². The number of rotatable bonds is 5. The van der Waals surface area contributed by atoms with Gasteiger partial charge >= 0.3 is 0 Å². The van der Waals surface area contributed by atoms with Crippen LogP contribution in [0.4, 0.5) is 0 Å². The smallest absolute Gasteiger partial charge is 0.258 e. The van der Waals surface area contributed by atoms with E-state index in [4.69, 9.17) is 0 Å². The summed E-state index contributed by atoms with van der Waals surface area (Å²) in [5, 5.41) is 14.6. The number of nitrogens with zero attached hydrogens (tertiary/aromatic N) is 6. The van der Waals surface area contributed by atoms with E-state index < -0.39 is 0 Å². The van der Waals surface area contributed by atoms with Gasteiger partial charge in [-0.1, -0.05) is 23.9 Å². The first-order valence-corrected chi connectivity index (χ1v) is 9.46. The molecule has 0 aromatic carbocycles. The van der Waals surface area contributed by atoms with Crippen LogP contribution in [0.2, 0.25) is 0 Å². The Balaban J connectivity index is 1.54. The minimum absolute atomic E-state index is 0.0810. The maximum Gasteiger partial charge on any atom is 0.258 e. The molecule has 4 rings (SSSR count). The van der Waals surface area contributed by atoms with Crippen LogP contribution in [0, 0.1) is 6.92 Å². The van der Waals surface area contributed by atoms with Gasteiger partial charge in [-0.05, 0) is 40.4 Å². The molecule has 4 aromatic heterocycles. The highest BCUT2D eigenvalue weighted by Gasteiger charge is 2.10. The monoisotopic (exact) mass is 370 g/mol. The zero-order chi connectivity index (χ0) is 17.2. The number of pyridine rings is 1. The van der Waals surface area contributed by atoms with Crippen molar-refractivity contribution in [2.75, 3.05) is 0 Å². The van der Waals surface area contributed by atoms with Crippen LogP contribution >= 0.6 is 23.1 Å². The highest BCUT2D eigenvalue weighted by atomic mass is 32.2. The Hall–Kier alpha value is -2.52.